The van der Waals surface area contributed by atoms with Gasteiger partial charge in [-0.3, -0.25) is 4.90 Å². The van der Waals surface area contributed by atoms with E-state index in [1.807, 2.05) is 0 Å². The van der Waals surface area contributed by atoms with Crippen molar-refractivity contribution in [3.8, 4) is 0 Å². The Morgan fingerprint density at radius 1 is 1.26 bits per heavy atom. The minimum absolute atomic E-state index is 0.579. The van der Waals surface area contributed by atoms with Crippen LogP contribution >= 0.6 is 0 Å². The van der Waals surface area contributed by atoms with Crippen molar-refractivity contribution in [1.29, 1.82) is 0 Å². The van der Waals surface area contributed by atoms with E-state index in [1.165, 1.54) is 22.0 Å². The summed E-state index contributed by atoms with van der Waals surface area (Å²) in [5, 5.41) is 1.37. The second kappa shape index (κ2) is 5.35. The summed E-state index contributed by atoms with van der Waals surface area (Å²) in [5.41, 5.74) is 4.06. The first-order valence-corrected chi connectivity index (χ1v) is 7.14. The number of aromatic amines is 1. The van der Waals surface area contributed by atoms with Gasteiger partial charge >= 0.3 is 0 Å². The molecule has 0 amide bonds. The zero-order chi connectivity index (χ0) is 13.2. The molecule has 0 saturated carbocycles. The first-order chi connectivity index (χ1) is 9.24. The monoisotopic (exact) mass is 258 g/mol. The third kappa shape index (κ3) is 2.67. The number of benzene rings is 1. The predicted octanol–water partition coefficient (Wildman–Crippen LogP) is 3.12. The largest absolute Gasteiger partial charge is 0.379 e. The van der Waals surface area contributed by atoms with Crippen LogP contribution in [0.4, 0.5) is 0 Å². The zero-order valence-corrected chi connectivity index (χ0v) is 11.8. The summed E-state index contributed by atoms with van der Waals surface area (Å²) in [5.74, 6) is 0.579. The summed E-state index contributed by atoms with van der Waals surface area (Å²) in [6, 6.07) is 6.77. The van der Waals surface area contributed by atoms with E-state index in [9.17, 15) is 0 Å². The summed E-state index contributed by atoms with van der Waals surface area (Å²) < 4.78 is 5.41. The summed E-state index contributed by atoms with van der Waals surface area (Å²) in [6.45, 7) is 9.31. The van der Waals surface area contributed by atoms with Gasteiger partial charge in [0.15, 0.2) is 0 Å². The minimum atomic E-state index is 0.579. The number of nitrogens with one attached hydrogen (secondary N) is 1. The Hall–Kier alpha value is -1.32. The van der Waals surface area contributed by atoms with E-state index < -0.39 is 0 Å². The van der Waals surface area contributed by atoms with Crippen LogP contribution in [0, 0.1) is 0 Å². The molecule has 1 aromatic heterocycles. The van der Waals surface area contributed by atoms with Crippen LogP contribution in [0.25, 0.3) is 10.9 Å². The van der Waals surface area contributed by atoms with Crippen LogP contribution < -0.4 is 0 Å². The third-order valence-electron chi connectivity index (χ3n) is 3.96. The number of fused-ring (bicyclic) bond motifs is 1. The lowest BCUT2D eigenvalue weighted by Gasteiger charge is -2.26. The van der Waals surface area contributed by atoms with E-state index >= 15 is 0 Å². The molecule has 2 aromatic rings. The third-order valence-corrected chi connectivity index (χ3v) is 3.96. The van der Waals surface area contributed by atoms with Crippen molar-refractivity contribution in [2.75, 3.05) is 26.3 Å². The van der Waals surface area contributed by atoms with Crippen LogP contribution in [0.15, 0.2) is 24.4 Å². The average molecular weight is 258 g/mol. The molecular weight excluding hydrogens is 236 g/mol. The van der Waals surface area contributed by atoms with Gasteiger partial charge in [-0.2, -0.15) is 0 Å². The molecule has 102 valence electrons. The van der Waals surface area contributed by atoms with E-state index in [1.54, 1.807) is 0 Å². The van der Waals surface area contributed by atoms with Crippen molar-refractivity contribution in [1.82, 2.24) is 9.88 Å². The molecule has 0 bridgehead atoms. The van der Waals surface area contributed by atoms with Gasteiger partial charge in [0.1, 0.15) is 0 Å². The molecule has 3 rings (SSSR count). The molecule has 1 saturated heterocycles. The lowest BCUT2D eigenvalue weighted by molar-refractivity contribution is 0.0343. The van der Waals surface area contributed by atoms with Gasteiger partial charge in [0.05, 0.1) is 13.2 Å². The van der Waals surface area contributed by atoms with Crippen LogP contribution in [-0.4, -0.2) is 36.2 Å². The normalized spacial score (nSPS) is 17.4. The molecule has 0 aliphatic carbocycles. The van der Waals surface area contributed by atoms with Crippen molar-refractivity contribution in [2.45, 2.75) is 26.3 Å². The first-order valence-electron chi connectivity index (χ1n) is 7.14. The maximum absolute atomic E-state index is 5.41. The van der Waals surface area contributed by atoms with Crippen molar-refractivity contribution < 1.29 is 4.74 Å². The van der Waals surface area contributed by atoms with Crippen molar-refractivity contribution in [3.05, 3.63) is 35.5 Å². The van der Waals surface area contributed by atoms with E-state index in [0.29, 0.717) is 5.92 Å². The topological polar surface area (TPSA) is 28.3 Å². The van der Waals surface area contributed by atoms with Crippen LogP contribution in [-0.2, 0) is 11.3 Å². The van der Waals surface area contributed by atoms with Crippen molar-refractivity contribution in [3.63, 3.8) is 0 Å². The molecule has 0 unspecified atom stereocenters. The zero-order valence-electron chi connectivity index (χ0n) is 11.8. The average Bonchev–Trinajstić information content (AvgIpc) is 2.82. The number of rotatable bonds is 3. The molecular formula is C16H22N2O. The predicted molar refractivity (Wildman–Crippen MR) is 78.5 cm³/mol. The Balaban J connectivity index is 1.87. The van der Waals surface area contributed by atoms with Crippen LogP contribution in [0.2, 0.25) is 0 Å². The van der Waals surface area contributed by atoms with Gasteiger partial charge < -0.3 is 9.72 Å². The molecule has 1 N–H and O–H groups in total. The van der Waals surface area contributed by atoms with Crippen LogP contribution in [0.5, 0.6) is 0 Å². The highest BCUT2D eigenvalue weighted by molar-refractivity contribution is 5.84. The Morgan fingerprint density at radius 3 is 2.79 bits per heavy atom. The summed E-state index contributed by atoms with van der Waals surface area (Å²) in [6.07, 6.45) is 2.16. The molecule has 0 radical (unpaired) electrons. The van der Waals surface area contributed by atoms with Gasteiger partial charge in [0, 0.05) is 36.7 Å². The van der Waals surface area contributed by atoms with Crippen molar-refractivity contribution >= 4 is 10.9 Å². The number of morpholine rings is 1. The Kier molecular flexibility index (Phi) is 3.58. The minimum Gasteiger partial charge on any atom is -0.379 e. The van der Waals surface area contributed by atoms with E-state index in [0.717, 1.165) is 32.8 Å². The highest BCUT2D eigenvalue weighted by atomic mass is 16.5. The fourth-order valence-corrected chi connectivity index (χ4v) is 2.69. The Bertz CT molecular complexity index is 553. The molecule has 1 aliphatic heterocycles. The quantitative estimate of drug-likeness (QED) is 0.916. The molecule has 1 aromatic carbocycles. The van der Waals surface area contributed by atoms with E-state index in [2.05, 4.69) is 48.1 Å². The molecule has 1 aliphatic rings. The first kappa shape index (κ1) is 12.7. The molecule has 3 nitrogen and oxygen atoms in total. The van der Waals surface area contributed by atoms with Gasteiger partial charge in [-0.25, -0.2) is 0 Å². The van der Waals surface area contributed by atoms with Gasteiger partial charge in [0.2, 0.25) is 0 Å². The smallest absolute Gasteiger partial charge is 0.0594 e. The SMILES string of the molecule is CC(C)c1ccc2[nH]cc(CN3CCOCC3)c2c1. The lowest BCUT2D eigenvalue weighted by atomic mass is 10.0. The fourth-order valence-electron chi connectivity index (χ4n) is 2.69. The summed E-state index contributed by atoms with van der Waals surface area (Å²) in [7, 11) is 0. The number of hydrogen-bond donors (Lipinski definition) is 1. The highest BCUT2D eigenvalue weighted by Crippen LogP contribution is 2.25. The fraction of sp³-hybridized carbons (Fsp3) is 0.500. The van der Waals surface area contributed by atoms with E-state index in [-0.39, 0.29) is 0 Å². The van der Waals surface area contributed by atoms with Crippen molar-refractivity contribution in [2.24, 2.45) is 0 Å². The second-order valence-corrected chi connectivity index (χ2v) is 5.66. The number of H-pyrrole nitrogens is 1. The molecule has 19 heavy (non-hydrogen) atoms. The maximum Gasteiger partial charge on any atom is 0.0594 e. The van der Waals surface area contributed by atoms with Crippen LogP contribution in [0.3, 0.4) is 0 Å². The number of hydrogen-bond acceptors (Lipinski definition) is 2. The van der Waals surface area contributed by atoms with E-state index in [4.69, 9.17) is 4.74 Å². The van der Waals surface area contributed by atoms with Crippen LogP contribution in [0.1, 0.15) is 30.9 Å². The lowest BCUT2D eigenvalue weighted by Crippen LogP contribution is -2.35. The molecule has 0 atom stereocenters. The molecule has 2 heterocycles. The summed E-state index contributed by atoms with van der Waals surface area (Å²) in [4.78, 5) is 5.85. The Morgan fingerprint density at radius 2 is 2.05 bits per heavy atom. The van der Waals surface area contributed by atoms with Gasteiger partial charge in [-0.05, 0) is 29.2 Å². The second-order valence-electron chi connectivity index (χ2n) is 5.66. The van der Waals surface area contributed by atoms with Gasteiger partial charge in [0.25, 0.3) is 0 Å². The number of nitrogens with zero attached hydrogens (tertiary/aromatic N) is 1. The molecule has 1 fully saturated rings. The number of ether oxygens (including phenoxy) is 1. The summed E-state index contributed by atoms with van der Waals surface area (Å²) >= 11 is 0. The Labute approximate surface area is 114 Å². The van der Waals surface area contributed by atoms with Gasteiger partial charge in [-0.15, -0.1) is 0 Å². The number of aromatic nitrogens is 1. The van der Waals surface area contributed by atoms with Gasteiger partial charge in [-0.1, -0.05) is 19.9 Å². The molecule has 0 spiro atoms. The standard InChI is InChI=1S/C16H22N2O/c1-12(2)13-3-4-16-15(9-13)14(10-17-16)11-18-5-7-19-8-6-18/h3-4,9-10,12,17H,5-8,11H2,1-2H3. The maximum atomic E-state index is 5.41. The highest BCUT2D eigenvalue weighted by Gasteiger charge is 2.13. The molecule has 3 heteroatoms.